The van der Waals surface area contributed by atoms with Crippen LogP contribution in [0.2, 0.25) is 0 Å². The van der Waals surface area contributed by atoms with Crippen molar-refractivity contribution < 1.29 is 4.79 Å². The molecule has 2 heterocycles. The molecule has 1 aromatic carbocycles. The molecule has 1 atom stereocenters. The van der Waals surface area contributed by atoms with Crippen LogP contribution >= 0.6 is 0 Å². The van der Waals surface area contributed by atoms with E-state index in [4.69, 9.17) is 0 Å². The van der Waals surface area contributed by atoms with Gasteiger partial charge in [0.1, 0.15) is 0 Å². The van der Waals surface area contributed by atoms with Crippen LogP contribution in [0.1, 0.15) is 28.4 Å². The standard InChI is InChI=1S/C21H22N4O/c1-16-7-9-17(10-8-16)13-20(19-6-2-3-12-23-19)25-21(26)24-15-18-5-4-11-22-14-18/h2-12,14,20H,13,15H2,1H3,(H2,24,25,26)/t20-/m1/s1. The van der Waals surface area contributed by atoms with Crippen molar-refractivity contribution in [1.82, 2.24) is 20.6 Å². The third-order valence-corrected chi connectivity index (χ3v) is 4.09. The number of carbonyl (C=O) groups excluding carboxylic acids is 1. The van der Waals surface area contributed by atoms with Gasteiger partial charge in [-0.1, -0.05) is 42.0 Å². The van der Waals surface area contributed by atoms with Crippen molar-refractivity contribution in [2.24, 2.45) is 0 Å². The molecule has 5 heteroatoms. The number of hydrogen-bond donors (Lipinski definition) is 2. The number of aryl methyl sites for hydroxylation is 1. The van der Waals surface area contributed by atoms with Gasteiger partial charge in [-0.05, 0) is 42.7 Å². The number of carbonyl (C=O) groups is 1. The summed E-state index contributed by atoms with van der Waals surface area (Å²) < 4.78 is 0. The molecule has 26 heavy (non-hydrogen) atoms. The van der Waals surface area contributed by atoms with Crippen LogP contribution in [0.4, 0.5) is 4.79 Å². The molecule has 3 aromatic rings. The van der Waals surface area contributed by atoms with Crippen LogP contribution in [0, 0.1) is 6.92 Å². The lowest BCUT2D eigenvalue weighted by molar-refractivity contribution is 0.236. The average Bonchev–Trinajstić information content (AvgIpc) is 2.69. The Morgan fingerprint density at radius 3 is 2.54 bits per heavy atom. The summed E-state index contributed by atoms with van der Waals surface area (Å²) in [6.45, 7) is 2.49. The lowest BCUT2D eigenvalue weighted by Gasteiger charge is -2.19. The molecule has 0 spiro atoms. The van der Waals surface area contributed by atoms with Gasteiger partial charge in [0.25, 0.3) is 0 Å². The number of hydrogen-bond acceptors (Lipinski definition) is 3. The van der Waals surface area contributed by atoms with Gasteiger partial charge in [0.2, 0.25) is 0 Å². The maximum atomic E-state index is 12.4. The Kier molecular flexibility index (Phi) is 5.93. The van der Waals surface area contributed by atoms with Crippen molar-refractivity contribution in [2.75, 3.05) is 0 Å². The summed E-state index contributed by atoms with van der Waals surface area (Å²) in [5.41, 5.74) is 4.16. The fourth-order valence-corrected chi connectivity index (χ4v) is 2.67. The minimum Gasteiger partial charge on any atom is -0.334 e. The fraction of sp³-hybridized carbons (Fsp3) is 0.190. The first-order valence-corrected chi connectivity index (χ1v) is 8.60. The van der Waals surface area contributed by atoms with E-state index in [9.17, 15) is 4.79 Å². The van der Waals surface area contributed by atoms with E-state index in [1.54, 1.807) is 18.6 Å². The second kappa shape index (κ2) is 8.76. The van der Waals surface area contributed by atoms with Crippen molar-refractivity contribution in [3.05, 3.63) is 95.6 Å². The molecule has 0 fully saturated rings. The molecule has 5 nitrogen and oxygen atoms in total. The lowest BCUT2D eigenvalue weighted by atomic mass is 10.0. The number of rotatable bonds is 6. The van der Waals surface area contributed by atoms with E-state index >= 15 is 0 Å². The number of nitrogens with zero attached hydrogens (tertiary/aromatic N) is 2. The number of nitrogens with one attached hydrogen (secondary N) is 2. The first-order valence-electron chi connectivity index (χ1n) is 8.60. The second-order valence-electron chi connectivity index (χ2n) is 6.19. The minimum absolute atomic E-state index is 0.201. The van der Waals surface area contributed by atoms with Gasteiger partial charge in [0, 0.05) is 25.1 Å². The molecule has 0 bridgehead atoms. The van der Waals surface area contributed by atoms with Gasteiger partial charge in [-0.15, -0.1) is 0 Å². The summed E-state index contributed by atoms with van der Waals surface area (Å²) in [4.78, 5) is 20.8. The van der Waals surface area contributed by atoms with Gasteiger partial charge >= 0.3 is 6.03 Å². The minimum atomic E-state index is -0.225. The lowest BCUT2D eigenvalue weighted by Crippen LogP contribution is -2.38. The predicted molar refractivity (Wildman–Crippen MR) is 101 cm³/mol. The van der Waals surface area contributed by atoms with Gasteiger partial charge in [-0.3, -0.25) is 9.97 Å². The van der Waals surface area contributed by atoms with Gasteiger partial charge < -0.3 is 10.6 Å². The van der Waals surface area contributed by atoms with Crippen LogP contribution in [0.3, 0.4) is 0 Å². The maximum Gasteiger partial charge on any atom is 0.315 e. The Morgan fingerprint density at radius 1 is 1.00 bits per heavy atom. The smallest absolute Gasteiger partial charge is 0.315 e. The van der Waals surface area contributed by atoms with Crippen LogP contribution in [-0.2, 0) is 13.0 Å². The first kappa shape index (κ1) is 17.6. The molecule has 0 aliphatic rings. The largest absolute Gasteiger partial charge is 0.334 e. The van der Waals surface area contributed by atoms with Gasteiger partial charge in [-0.25, -0.2) is 4.79 Å². The van der Waals surface area contributed by atoms with Gasteiger partial charge in [0.15, 0.2) is 0 Å². The molecular weight excluding hydrogens is 324 g/mol. The van der Waals surface area contributed by atoms with Gasteiger partial charge in [-0.2, -0.15) is 0 Å². The van der Waals surface area contributed by atoms with E-state index < -0.39 is 0 Å². The zero-order valence-electron chi connectivity index (χ0n) is 14.7. The Bertz CT molecular complexity index is 820. The molecule has 0 aliphatic heterocycles. The van der Waals surface area contributed by atoms with E-state index in [1.807, 2.05) is 30.3 Å². The molecule has 0 saturated heterocycles. The third-order valence-electron chi connectivity index (χ3n) is 4.09. The molecule has 2 aromatic heterocycles. The molecule has 0 saturated carbocycles. The first-order chi connectivity index (χ1) is 12.7. The normalized spacial score (nSPS) is 11.6. The maximum absolute atomic E-state index is 12.4. The Labute approximate surface area is 153 Å². The van der Waals surface area contributed by atoms with Crippen LogP contribution < -0.4 is 10.6 Å². The number of benzene rings is 1. The topological polar surface area (TPSA) is 66.9 Å². The monoisotopic (exact) mass is 346 g/mol. The summed E-state index contributed by atoms with van der Waals surface area (Å²) in [6, 6.07) is 17.4. The highest BCUT2D eigenvalue weighted by Crippen LogP contribution is 2.17. The fourth-order valence-electron chi connectivity index (χ4n) is 2.67. The Hall–Kier alpha value is -3.21. The van der Waals surface area contributed by atoms with Crippen molar-refractivity contribution in [3.8, 4) is 0 Å². The van der Waals surface area contributed by atoms with Crippen molar-refractivity contribution >= 4 is 6.03 Å². The highest BCUT2D eigenvalue weighted by Gasteiger charge is 2.16. The average molecular weight is 346 g/mol. The summed E-state index contributed by atoms with van der Waals surface area (Å²) in [5.74, 6) is 0. The van der Waals surface area contributed by atoms with E-state index in [-0.39, 0.29) is 12.1 Å². The number of pyridine rings is 2. The number of aromatic nitrogens is 2. The highest BCUT2D eigenvalue weighted by atomic mass is 16.2. The molecule has 0 radical (unpaired) electrons. The van der Waals surface area contributed by atoms with Crippen molar-refractivity contribution in [3.63, 3.8) is 0 Å². The third kappa shape index (κ3) is 5.14. The summed E-state index contributed by atoms with van der Waals surface area (Å²) in [6.07, 6.45) is 5.87. The van der Waals surface area contributed by atoms with Crippen LogP contribution in [-0.4, -0.2) is 16.0 Å². The molecule has 3 rings (SSSR count). The quantitative estimate of drug-likeness (QED) is 0.717. The molecule has 0 aliphatic carbocycles. The van der Waals surface area contributed by atoms with E-state index in [0.717, 1.165) is 16.8 Å². The Balaban J connectivity index is 1.67. The van der Waals surface area contributed by atoms with Crippen LogP contribution in [0.5, 0.6) is 0 Å². The van der Waals surface area contributed by atoms with E-state index in [1.165, 1.54) is 5.56 Å². The number of urea groups is 1. The van der Waals surface area contributed by atoms with Gasteiger partial charge in [0.05, 0.1) is 11.7 Å². The van der Waals surface area contributed by atoms with Crippen molar-refractivity contribution in [1.29, 1.82) is 0 Å². The highest BCUT2D eigenvalue weighted by molar-refractivity contribution is 5.74. The van der Waals surface area contributed by atoms with Crippen molar-refractivity contribution in [2.45, 2.75) is 25.9 Å². The zero-order chi connectivity index (χ0) is 18.2. The van der Waals surface area contributed by atoms with Crippen LogP contribution in [0.15, 0.2) is 73.2 Å². The summed E-state index contributed by atoms with van der Waals surface area (Å²) in [5, 5.41) is 5.91. The number of amides is 2. The Morgan fingerprint density at radius 2 is 1.85 bits per heavy atom. The summed E-state index contributed by atoms with van der Waals surface area (Å²) in [7, 11) is 0. The predicted octanol–water partition coefficient (Wildman–Crippen LogP) is 3.57. The summed E-state index contributed by atoms with van der Waals surface area (Å²) >= 11 is 0. The molecule has 2 N–H and O–H groups in total. The molecule has 2 amide bonds. The molecule has 0 unspecified atom stereocenters. The SMILES string of the molecule is Cc1ccc(C[C@@H](NC(=O)NCc2cccnc2)c2ccccn2)cc1. The van der Waals surface area contributed by atoms with Crippen LogP contribution in [0.25, 0.3) is 0 Å². The van der Waals surface area contributed by atoms with E-state index in [2.05, 4.69) is 51.8 Å². The molecular formula is C21H22N4O. The second-order valence-corrected chi connectivity index (χ2v) is 6.19. The van der Waals surface area contributed by atoms with E-state index in [0.29, 0.717) is 13.0 Å². The molecule has 132 valence electrons. The zero-order valence-corrected chi connectivity index (χ0v) is 14.7.